The molecule has 100 valence electrons. The molecule has 0 aromatic carbocycles. The topological polar surface area (TPSA) is 102 Å². The summed E-state index contributed by atoms with van der Waals surface area (Å²) in [5, 5.41) is 13.4. The van der Waals surface area contributed by atoms with Crippen molar-refractivity contribution in [3.05, 3.63) is 29.2 Å². The summed E-state index contributed by atoms with van der Waals surface area (Å²) in [6, 6.07) is 0. The standard InChI is InChI=1S/C11H14N6OS/c1-3-8-7(5-17(2)16-8)11(18)14-10-6(9(12)19)4-13-15-10/h4-5H,3H2,1-2H3,(H2,12,19)(H2,13,14,15,18). The van der Waals surface area contributed by atoms with Crippen LogP contribution < -0.4 is 11.1 Å². The molecular formula is C11H14N6OS. The van der Waals surface area contributed by atoms with Crippen LogP contribution in [-0.2, 0) is 13.5 Å². The molecule has 0 fully saturated rings. The number of nitrogens with two attached hydrogens (primary N) is 1. The molecule has 2 aromatic rings. The van der Waals surface area contributed by atoms with Gasteiger partial charge in [-0.15, -0.1) is 0 Å². The monoisotopic (exact) mass is 278 g/mol. The molecule has 19 heavy (non-hydrogen) atoms. The maximum Gasteiger partial charge on any atom is 0.260 e. The number of hydrogen-bond donors (Lipinski definition) is 3. The first-order valence-electron chi connectivity index (χ1n) is 5.70. The normalized spacial score (nSPS) is 10.4. The molecular weight excluding hydrogens is 264 g/mol. The van der Waals surface area contributed by atoms with Crippen molar-refractivity contribution in [2.45, 2.75) is 13.3 Å². The van der Waals surface area contributed by atoms with Crippen LogP contribution in [-0.4, -0.2) is 30.9 Å². The Morgan fingerprint density at radius 3 is 2.95 bits per heavy atom. The van der Waals surface area contributed by atoms with Gasteiger partial charge in [0.25, 0.3) is 5.91 Å². The van der Waals surface area contributed by atoms with Crippen molar-refractivity contribution < 1.29 is 4.79 Å². The average molecular weight is 278 g/mol. The zero-order valence-corrected chi connectivity index (χ0v) is 11.4. The number of nitrogens with one attached hydrogen (secondary N) is 2. The molecule has 0 saturated carbocycles. The van der Waals surface area contributed by atoms with E-state index in [2.05, 4.69) is 20.6 Å². The van der Waals surface area contributed by atoms with Gasteiger partial charge in [0.05, 0.1) is 23.0 Å². The Morgan fingerprint density at radius 2 is 2.32 bits per heavy atom. The van der Waals surface area contributed by atoms with Crippen molar-refractivity contribution in [1.29, 1.82) is 0 Å². The number of aromatic amines is 1. The van der Waals surface area contributed by atoms with Crippen LogP contribution in [0.4, 0.5) is 5.82 Å². The van der Waals surface area contributed by atoms with E-state index >= 15 is 0 Å². The summed E-state index contributed by atoms with van der Waals surface area (Å²) in [5.41, 5.74) is 7.30. The van der Waals surface area contributed by atoms with Crippen molar-refractivity contribution in [2.24, 2.45) is 12.8 Å². The maximum absolute atomic E-state index is 12.2. The third-order valence-corrected chi connectivity index (χ3v) is 2.85. The smallest absolute Gasteiger partial charge is 0.260 e. The van der Waals surface area contributed by atoms with Crippen molar-refractivity contribution >= 4 is 28.9 Å². The minimum Gasteiger partial charge on any atom is -0.389 e. The van der Waals surface area contributed by atoms with Crippen LogP contribution in [0, 0.1) is 0 Å². The molecule has 2 heterocycles. The number of hydrogen-bond acceptors (Lipinski definition) is 4. The third kappa shape index (κ3) is 2.63. The van der Waals surface area contributed by atoms with Crippen LogP contribution in [0.25, 0.3) is 0 Å². The molecule has 0 bridgehead atoms. The van der Waals surface area contributed by atoms with Gasteiger partial charge in [0.15, 0.2) is 0 Å². The van der Waals surface area contributed by atoms with Crippen molar-refractivity contribution in [3.63, 3.8) is 0 Å². The summed E-state index contributed by atoms with van der Waals surface area (Å²) in [6.07, 6.45) is 3.82. The van der Waals surface area contributed by atoms with E-state index in [9.17, 15) is 4.79 Å². The predicted octanol–water partition coefficient (Wildman–Crippen LogP) is 0.592. The molecule has 0 saturated heterocycles. The van der Waals surface area contributed by atoms with Gasteiger partial charge in [0.1, 0.15) is 10.8 Å². The van der Waals surface area contributed by atoms with Gasteiger partial charge in [-0.2, -0.15) is 10.2 Å². The highest BCUT2D eigenvalue weighted by Gasteiger charge is 2.17. The van der Waals surface area contributed by atoms with Crippen LogP contribution in [0.2, 0.25) is 0 Å². The van der Waals surface area contributed by atoms with Crippen LogP contribution >= 0.6 is 12.2 Å². The Balaban J connectivity index is 2.25. The molecule has 0 aliphatic rings. The summed E-state index contributed by atoms with van der Waals surface area (Å²) in [5.74, 6) is 0.120. The molecule has 8 heteroatoms. The average Bonchev–Trinajstić information content (AvgIpc) is 2.95. The fourth-order valence-corrected chi connectivity index (χ4v) is 1.89. The van der Waals surface area contributed by atoms with Gasteiger partial charge in [-0.05, 0) is 6.42 Å². The van der Waals surface area contributed by atoms with E-state index in [1.807, 2.05) is 6.92 Å². The zero-order valence-electron chi connectivity index (χ0n) is 10.6. The number of anilines is 1. The summed E-state index contributed by atoms with van der Waals surface area (Å²) < 4.78 is 1.61. The number of aromatic nitrogens is 4. The number of carbonyl (C=O) groups is 1. The molecule has 0 radical (unpaired) electrons. The van der Waals surface area contributed by atoms with E-state index in [-0.39, 0.29) is 10.9 Å². The SMILES string of the molecule is CCc1nn(C)cc1C(=O)Nc1[nH]ncc1C(N)=S. The summed E-state index contributed by atoms with van der Waals surface area (Å²) >= 11 is 4.88. The number of amides is 1. The van der Waals surface area contributed by atoms with Gasteiger partial charge >= 0.3 is 0 Å². The van der Waals surface area contributed by atoms with E-state index in [0.29, 0.717) is 23.4 Å². The van der Waals surface area contributed by atoms with Gasteiger partial charge in [0.2, 0.25) is 0 Å². The summed E-state index contributed by atoms with van der Waals surface area (Å²) in [4.78, 5) is 12.4. The number of carbonyl (C=O) groups excluding carboxylic acids is 1. The fourth-order valence-electron chi connectivity index (χ4n) is 1.73. The van der Waals surface area contributed by atoms with Gasteiger partial charge < -0.3 is 11.1 Å². The first kappa shape index (κ1) is 13.2. The fraction of sp³-hybridized carbons (Fsp3) is 0.273. The van der Waals surface area contributed by atoms with E-state index in [4.69, 9.17) is 18.0 Å². The van der Waals surface area contributed by atoms with E-state index in [1.165, 1.54) is 6.20 Å². The molecule has 4 N–H and O–H groups in total. The highest BCUT2D eigenvalue weighted by molar-refractivity contribution is 7.80. The lowest BCUT2D eigenvalue weighted by atomic mass is 10.2. The number of nitrogens with zero attached hydrogens (tertiary/aromatic N) is 3. The molecule has 0 unspecified atom stereocenters. The van der Waals surface area contributed by atoms with E-state index < -0.39 is 0 Å². The van der Waals surface area contributed by atoms with Gasteiger partial charge in [-0.3, -0.25) is 14.6 Å². The zero-order chi connectivity index (χ0) is 14.0. The van der Waals surface area contributed by atoms with Crippen LogP contribution in [0.1, 0.15) is 28.5 Å². The Hall–Kier alpha value is -2.22. The summed E-state index contributed by atoms with van der Waals surface area (Å²) in [6.45, 7) is 1.94. The van der Waals surface area contributed by atoms with E-state index in [1.54, 1.807) is 17.9 Å². The number of aryl methyl sites for hydroxylation is 2. The predicted molar refractivity (Wildman–Crippen MR) is 75.0 cm³/mol. The molecule has 2 rings (SSSR count). The highest BCUT2D eigenvalue weighted by atomic mass is 32.1. The minimum atomic E-state index is -0.272. The molecule has 0 atom stereocenters. The lowest BCUT2D eigenvalue weighted by molar-refractivity contribution is 0.102. The lowest BCUT2D eigenvalue weighted by Crippen LogP contribution is -2.17. The molecule has 1 amide bonds. The van der Waals surface area contributed by atoms with Crippen molar-refractivity contribution in [1.82, 2.24) is 20.0 Å². The van der Waals surface area contributed by atoms with Crippen LogP contribution in [0.15, 0.2) is 12.4 Å². The van der Waals surface area contributed by atoms with Crippen molar-refractivity contribution in [2.75, 3.05) is 5.32 Å². The third-order valence-electron chi connectivity index (χ3n) is 2.63. The Morgan fingerprint density at radius 1 is 1.58 bits per heavy atom. The molecule has 0 aliphatic heterocycles. The molecule has 7 nitrogen and oxygen atoms in total. The first-order valence-corrected chi connectivity index (χ1v) is 6.10. The van der Waals surface area contributed by atoms with Gasteiger partial charge in [-0.1, -0.05) is 19.1 Å². The number of rotatable bonds is 4. The molecule has 2 aromatic heterocycles. The second-order valence-electron chi connectivity index (χ2n) is 3.99. The van der Waals surface area contributed by atoms with Gasteiger partial charge in [-0.25, -0.2) is 0 Å². The number of thiocarbonyl (C=S) groups is 1. The van der Waals surface area contributed by atoms with Crippen LogP contribution in [0.3, 0.4) is 0 Å². The first-order chi connectivity index (χ1) is 9.02. The van der Waals surface area contributed by atoms with E-state index in [0.717, 1.165) is 5.69 Å². The Bertz CT molecular complexity index is 629. The van der Waals surface area contributed by atoms with Gasteiger partial charge in [0, 0.05) is 13.2 Å². The minimum absolute atomic E-state index is 0.172. The second-order valence-corrected chi connectivity index (χ2v) is 4.43. The molecule has 0 aliphatic carbocycles. The van der Waals surface area contributed by atoms with Crippen molar-refractivity contribution in [3.8, 4) is 0 Å². The Labute approximate surface area is 115 Å². The van der Waals surface area contributed by atoms with Crippen LogP contribution in [0.5, 0.6) is 0 Å². The maximum atomic E-state index is 12.2. The second kappa shape index (κ2) is 5.19. The number of H-pyrrole nitrogens is 1. The lowest BCUT2D eigenvalue weighted by Gasteiger charge is -2.04. The quantitative estimate of drug-likeness (QED) is 0.711. The molecule has 0 spiro atoms. The Kier molecular flexibility index (Phi) is 3.61. The summed E-state index contributed by atoms with van der Waals surface area (Å²) in [7, 11) is 1.77. The highest BCUT2D eigenvalue weighted by Crippen LogP contribution is 2.14. The largest absolute Gasteiger partial charge is 0.389 e.